The molecule has 1 unspecified atom stereocenters. The van der Waals surface area contributed by atoms with Crippen molar-refractivity contribution in [3.63, 3.8) is 0 Å². The van der Waals surface area contributed by atoms with Crippen molar-refractivity contribution >= 4 is 10.8 Å². The van der Waals surface area contributed by atoms with E-state index in [1.54, 1.807) is 0 Å². The minimum Gasteiger partial charge on any atom is -0.471 e. The van der Waals surface area contributed by atoms with Crippen LogP contribution in [0.5, 0.6) is 5.75 Å². The lowest BCUT2D eigenvalue weighted by Crippen LogP contribution is -2.30. The normalized spacial score (nSPS) is 17.3. The van der Waals surface area contributed by atoms with Crippen LogP contribution in [0.15, 0.2) is 60.7 Å². The van der Waals surface area contributed by atoms with E-state index in [1.807, 2.05) is 0 Å². The molecule has 1 aliphatic rings. The number of hydrogen-bond donors (Lipinski definition) is 1. The molecule has 2 heteroatoms. The predicted octanol–water partition coefficient (Wildman–Crippen LogP) is 4.33. The zero-order valence-corrected chi connectivity index (χ0v) is 12.0. The van der Waals surface area contributed by atoms with Gasteiger partial charge in [-0.05, 0) is 23.8 Å². The molecule has 0 saturated heterocycles. The van der Waals surface area contributed by atoms with E-state index in [2.05, 4.69) is 72.9 Å². The van der Waals surface area contributed by atoms with Gasteiger partial charge in [-0.25, -0.2) is 0 Å². The van der Waals surface area contributed by atoms with E-state index in [1.165, 1.54) is 27.5 Å². The summed E-state index contributed by atoms with van der Waals surface area (Å²) in [5.41, 5.74) is 3.68. The second-order valence-corrected chi connectivity index (χ2v) is 5.55. The first-order valence-electron chi connectivity index (χ1n) is 7.28. The average molecular weight is 275 g/mol. The third kappa shape index (κ3) is 2.18. The van der Waals surface area contributed by atoms with Crippen molar-refractivity contribution in [2.75, 3.05) is 0 Å². The summed E-state index contributed by atoms with van der Waals surface area (Å²) in [6.45, 7) is 2.93. The van der Waals surface area contributed by atoms with Crippen molar-refractivity contribution in [3.8, 4) is 5.75 Å². The van der Waals surface area contributed by atoms with Crippen molar-refractivity contribution in [2.24, 2.45) is 0 Å². The molecule has 0 aromatic heterocycles. The Balaban J connectivity index is 1.72. The molecule has 0 radical (unpaired) electrons. The van der Waals surface area contributed by atoms with Gasteiger partial charge in [0.15, 0.2) is 6.23 Å². The maximum Gasteiger partial charge on any atom is 0.176 e. The van der Waals surface area contributed by atoms with Gasteiger partial charge in [-0.1, -0.05) is 60.2 Å². The van der Waals surface area contributed by atoms with E-state index in [0.29, 0.717) is 0 Å². The molecule has 2 nitrogen and oxygen atoms in total. The molecular weight excluding hydrogens is 258 g/mol. The minimum absolute atomic E-state index is 0.0701. The third-order valence-electron chi connectivity index (χ3n) is 4.09. The molecule has 1 aliphatic heterocycles. The molecule has 0 saturated carbocycles. The molecule has 1 heterocycles. The fourth-order valence-electron chi connectivity index (χ4n) is 2.90. The number of ether oxygens (including phenoxy) is 1. The zero-order chi connectivity index (χ0) is 14.2. The molecule has 21 heavy (non-hydrogen) atoms. The van der Waals surface area contributed by atoms with Crippen LogP contribution in [-0.4, -0.2) is 0 Å². The van der Waals surface area contributed by atoms with Crippen molar-refractivity contribution in [2.45, 2.75) is 19.7 Å². The Labute approximate surface area is 124 Å². The van der Waals surface area contributed by atoms with Gasteiger partial charge in [0.2, 0.25) is 0 Å². The van der Waals surface area contributed by atoms with Crippen LogP contribution in [0.25, 0.3) is 10.8 Å². The van der Waals surface area contributed by atoms with Gasteiger partial charge in [-0.15, -0.1) is 0 Å². The monoisotopic (exact) mass is 275 g/mol. The largest absolute Gasteiger partial charge is 0.471 e. The maximum absolute atomic E-state index is 6.15. The van der Waals surface area contributed by atoms with E-state index < -0.39 is 0 Å². The number of aryl methyl sites for hydroxylation is 1. The lowest BCUT2D eigenvalue weighted by Gasteiger charge is -2.28. The van der Waals surface area contributed by atoms with Crippen molar-refractivity contribution in [1.82, 2.24) is 5.32 Å². The second kappa shape index (κ2) is 4.90. The molecule has 1 N–H and O–H groups in total. The van der Waals surface area contributed by atoms with Crippen LogP contribution in [0.4, 0.5) is 0 Å². The first kappa shape index (κ1) is 12.4. The SMILES string of the molecule is Cc1ccc(C2NCc3c(ccc4ccccc34)O2)cc1. The van der Waals surface area contributed by atoms with Gasteiger partial charge in [-0.3, -0.25) is 5.32 Å². The highest BCUT2D eigenvalue weighted by molar-refractivity contribution is 5.87. The summed E-state index contributed by atoms with van der Waals surface area (Å²) in [6, 6.07) is 21.2. The molecule has 0 aliphatic carbocycles. The van der Waals surface area contributed by atoms with Gasteiger partial charge in [0.05, 0.1) is 0 Å². The Bertz CT molecular complexity index is 792. The molecular formula is C19H17NO. The fraction of sp³-hybridized carbons (Fsp3) is 0.158. The van der Waals surface area contributed by atoms with Gasteiger partial charge in [-0.2, -0.15) is 0 Å². The minimum atomic E-state index is -0.0701. The number of hydrogen-bond acceptors (Lipinski definition) is 2. The molecule has 1 atom stereocenters. The smallest absolute Gasteiger partial charge is 0.176 e. The first-order valence-corrected chi connectivity index (χ1v) is 7.28. The van der Waals surface area contributed by atoms with E-state index in [4.69, 9.17) is 4.74 Å². The lowest BCUT2D eigenvalue weighted by molar-refractivity contribution is 0.145. The summed E-state index contributed by atoms with van der Waals surface area (Å²) in [7, 11) is 0. The molecule has 0 amide bonds. The van der Waals surface area contributed by atoms with Gasteiger partial charge < -0.3 is 4.74 Å². The highest BCUT2D eigenvalue weighted by atomic mass is 16.5. The van der Waals surface area contributed by atoms with Crippen LogP contribution >= 0.6 is 0 Å². The van der Waals surface area contributed by atoms with Gasteiger partial charge in [0, 0.05) is 17.7 Å². The zero-order valence-electron chi connectivity index (χ0n) is 12.0. The number of rotatable bonds is 1. The molecule has 0 bridgehead atoms. The summed E-state index contributed by atoms with van der Waals surface area (Å²) >= 11 is 0. The van der Waals surface area contributed by atoms with Crippen LogP contribution < -0.4 is 10.1 Å². The lowest BCUT2D eigenvalue weighted by atomic mass is 10.0. The van der Waals surface area contributed by atoms with Crippen LogP contribution in [0, 0.1) is 6.92 Å². The fourth-order valence-corrected chi connectivity index (χ4v) is 2.90. The molecule has 104 valence electrons. The predicted molar refractivity (Wildman–Crippen MR) is 85.3 cm³/mol. The topological polar surface area (TPSA) is 21.3 Å². The summed E-state index contributed by atoms with van der Waals surface area (Å²) in [6.07, 6.45) is -0.0701. The summed E-state index contributed by atoms with van der Waals surface area (Å²) in [5, 5.41) is 6.01. The van der Waals surface area contributed by atoms with Crippen molar-refractivity contribution in [1.29, 1.82) is 0 Å². The molecule has 3 aromatic carbocycles. The van der Waals surface area contributed by atoms with E-state index in [-0.39, 0.29) is 6.23 Å². The number of nitrogens with one attached hydrogen (secondary N) is 1. The summed E-state index contributed by atoms with van der Waals surface area (Å²) in [4.78, 5) is 0. The Morgan fingerprint density at radius 3 is 2.62 bits per heavy atom. The van der Waals surface area contributed by atoms with Crippen molar-refractivity contribution < 1.29 is 4.74 Å². The second-order valence-electron chi connectivity index (χ2n) is 5.55. The van der Waals surface area contributed by atoms with Crippen LogP contribution in [-0.2, 0) is 6.54 Å². The number of benzene rings is 3. The van der Waals surface area contributed by atoms with Crippen LogP contribution in [0.2, 0.25) is 0 Å². The Kier molecular flexibility index (Phi) is 2.90. The molecule has 4 rings (SSSR count). The summed E-state index contributed by atoms with van der Waals surface area (Å²) in [5.74, 6) is 0.984. The molecule has 0 fully saturated rings. The van der Waals surface area contributed by atoms with Crippen LogP contribution in [0.1, 0.15) is 22.9 Å². The Morgan fingerprint density at radius 2 is 1.76 bits per heavy atom. The number of fused-ring (bicyclic) bond motifs is 3. The van der Waals surface area contributed by atoms with E-state index in [9.17, 15) is 0 Å². The average Bonchev–Trinajstić information content (AvgIpc) is 2.55. The molecule has 0 spiro atoms. The van der Waals surface area contributed by atoms with Gasteiger partial charge >= 0.3 is 0 Å². The quantitative estimate of drug-likeness (QED) is 0.713. The Morgan fingerprint density at radius 1 is 0.952 bits per heavy atom. The van der Waals surface area contributed by atoms with Gasteiger partial charge in [0.1, 0.15) is 5.75 Å². The highest BCUT2D eigenvalue weighted by Crippen LogP contribution is 2.34. The highest BCUT2D eigenvalue weighted by Gasteiger charge is 2.21. The third-order valence-corrected chi connectivity index (χ3v) is 4.09. The summed E-state index contributed by atoms with van der Waals surface area (Å²) < 4.78 is 6.15. The van der Waals surface area contributed by atoms with E-state index in [0.717, 1.165) is 12.3 Å². The Hall–Kier alpha value is -2.32. The van der Waals surface area contributed by atoms with Crippen LogP contribution in [0.3, 0.4) is 0 Å². The maximum atomic E-state index is 6.15. The van der Waals surface area contributed by atoms with Gasteiger partial charge in [0.25, 0.3) is 0 Å². The van der Waals surface area contributed by atoms with Crippen molar-refractivity contribution in [3.05, 3.63) is 77.4 Å². The van der Waals surface area contributed by atoms with E-state index >= 15 is 0 Å². The standard InChI is InChI=1S/C19H17NO/c1-13-6-8-15(9-7-13)19-20-12-17-16-5-3-2-4-14(16)10-11-18(17)21-19/h2-11,19-20H,12H2,1H3. The molecule has 3 aromatic rings. The first-order chi connectivity index (χ1) is 10.3.